The van der Waals surface area contributed by atoms with Crippen LogP contribution in [0.25, 0.3) is 0 Å². The number of hydrogen-bond acceptors (Lipinski definition) is 3. The summed E-state index contributed by atoms with van der Waals surface area (Å²) in [5.41, 5.74) is 0. The van der Waals surface area contributed by atoms with Gasteiger partial charge in [0, 0.05) is 19.8 Å². The molecule has 5 nitrogen and oxygen atoms in total. The average molecular weight is 266 g/mol. The summed E-state index contributed by atoms with van der Waals surface area (Å²) in [4.78, 5) is 11.4. The zero-order chi connectivity index (χ0) is 13.8. The van der Waals surface area contributed by atoms with E-state index >= 15 is 0 Å². The minimum atomic E-state index is -0.173. The molecule has 1 rings (SSSR count). The van der Waals surface area contributed by atoms with Gasteiger partial charge in [0.2, 0.25) is 0 Å². The maximum absolute atomic E-state index is 11.4. The summed E-state index contributed by atoms with van der Waals surface area (Å²) in [5.74, 6) is 0.807. The molecule has 0 aliphatic carbocycles. The first-order valence-electron chi connectivity index (χ1n) is 6.60. The van der Waals surface area contributed by atoms with E-state index in [2.05, 4.69) is 10.6 Å². The van der Waals surface area contributed by atoms with Crippen LogP contribution in [-0.4, -0.2) is 38.9 Å². The Morgan fingerprint density at radius 1 is 1.11 bits per heavy atom. The lowest BCUT2D eigenvalue weighted by molar-refractivity contribution is 0.145. The zero-order valence-corrected chi connectivity index (χ0v) is 11.4. The fourth-order valence-corrected chi connectivity index (χ4v) is 1.43. The highest BCUT2D eigenvalue weighted by Gasteiger charge is 1.98. The van der Waals surface area contributed by atoms with Crippen molar-refractivity contribution in [1.82, 2.24) is 10.6 Å². The number of urea groups is 1. The molecule has 0 saturated carbocycles. The third-order valence-corrected chi connectivity index (χ3v) is 2.35. The van der Waals surface area contributed by atoms with Gasteiger partial charge in [0.25, 0.3) is 0 Å². The number of amides is 2. The minimum absolute atomic E-state index is 0.173. The molecule has 0 spiro atoms. The Morgan fingerprint density at radius 2 is 1.84 bits per heavy atom. The molecule has 2 N–H and O–H groups in total. The molecule has 1 aromatic carbocycles. The van der Waals surface area contributed by atoms with Gasteiger partial charge in [-0.3, -0.25) is 0 Å². The molecule has 106 valence electrons. The monoisotopic (exact) mass is 266 g/mol. The minimum Gasteiger partial charge on any atom is -0.492 e. The fourth-order valence-electron chi connectivity index (χ4n) is 1.43. The Morgan fingerprint density at radius 3 is 2.58 bits per heavy atom. The van der Waals surface area contributed by atoms with Gasteiger partial charge in [-0.15, -0.1) is 0 Å². The van der Waals surface area contributed by atoms with Crippen LogP contribution in [0.5, 0.6) is 5.75 Å². The summed E-state index contributed by atoms with van der Waals surface area (Å²) in [6, 6.07) is 9.34. The van der Waals surface area contributed by atoms with Crippen LogP contribution in [0.4, 0.5) is 4.79 Å². The molecule has 0 bridgehead atoms. The molecule has 0 radical (unpaired) electrons. The van der Waals surface area contributed by atoms with Crippen LogP contribution >= 0.6 is 0 Å². The summed E-state index contributed by atoms with van der Waals surface area (Å²) < 4.78 is 10.6. The first kappa shape index (κ1) is 15.3. The van der Waals surface area contributed by atoms with Crippen molar-refractivity contribution >= 4 is 6.03 Å². The van der Waals surface area contributed by atoms with Crippen LogP contribution in [0.3, 0.4) is 0 Å². The van der Waals surface area contributed by atoms with Crippen LogP contribution in [0.2, 0.25) is 0 Å². The summed E-state index contributed by atoms with van der Waals surface area (Å²) in [7, 11) is 0. The van der Waals surface area contributed by atoms with Gasteiger partial charge in [0.05, 0.1) is 6.54 Å². The summed E-state index contributed by atoms with van der Waals surface area (Å²) in [5, 5.41) is 5.48. The maximum atomic E-state index is 11.4. The third-order valence-electron chi connectivity index (χ3n) is 2.35. The highest BCUT2D eigenvalue weighted by Crippen LogP contribution is 2.07. The van der Waals surface area contributed by atoms with E-state index in [9.17, 15) is 4.79 Å². The van der Waals surface area contributed by atoms with E-state index < -0.39 is 0 Å². The maximum Gasteiger partial charge on any atom is 0.314 e. The smallest absolute Gasteiger partial charge is 0.314 e. The second-order valence-electron chi connectivity index (χ2n) is 3.89. The molecule has 0 fully saturated rings. The van der Waals surface area contributed by atoms with Crippen LogP contribution in [0.1, 0.15) is 13.3 Å². The topological polar surface area (TPSA) is 59.6 Å². The first-order chi connectivity index (χ1) is 9.33. The fraction of sp³-hybridized carbons (Fsp3) is 0.500. The van der Waals surface area contributed by atoms with E-state index in [-0.39, 0.29) is 6.03 Å². The van der Waals surface area contributed by atoms with E-state index in [1.165, 1.54) is 0 Å². The van der Waals surface area contributed by atoms with Gasteiger partial charge in [-0.05, 0) is 25.5 Å². The number of carbonyl (C=O) groups excluding carboxylic acids is 1. The van der Waals surface area contributed by atoms with Crippen molar-refractivity contribution in [2.75, 3.05) is 32.9 Å². The lowest BCUT2D eigenvalue weighted by Gasteiger charge is -2.09. The highest BCUT2D eigenvalue weighted by molar-refractivity contribution is 5.73. The molecular formula is C14H22N2O3. The number of nitrogens with one attached hydrogen (secondary N) is 2. The molecule has 0 aliphatic heterocycles. The second-order valence-corrected chi connectivity index (χ2v) is 3.89. The van der Waals surface area contributed by atoms with Gasteiger partial charge in [0.15, 0.2) is 0 Å². The number of benzene rings is 1. The Labute approximate surface area is 114 Å². The van der Waals surface area contributed by atoms with Crippen molar-refractivity contribution < 1.29 is 14.3 Å². The van der Waals surface area contributed by atoms with Crippen LogP contribution < -0.4 is 15.4 Å². The van der Waals surface area contributed by atoms with Crippen molar-refractivity contribution in [2.45, 2.75) is 13.3 Å². The lowest BCUT2D eigenvalue weighted by atomic mass is 10.3. The van der Waals surface area contributed by atoms with Gasteiger partial charge in [-0.25, -0.2) is 4.79 Å². The van der Waals surface area contributed by atoms with Crippen molar-refractivity contribution in [3.63, 3.8) is 0 Å². The van der Waals surface area contributed by atoms with Gasteiger partial charge in [0.1, 0.15) is 12.4 Å². The zero-order valence-electron chi connectivity index (χ0n) is 11.4. The molecule has 19 heavy (non-hydrogen) atoms. The number of ether oxygens (including phenoxy) is 2. The van der Waals surface area contributed by atoms with Gasteiger partial charge < -0.3 is 20.1 Å². The molecule has 0 heterocycles. The molecule has 0 aromatic heterocycles. The van der Waals surface area contributed by atoms with Crippen LogP contribution in [0.15, 0.2) is 30.3 Å². The van der Waals surface area contributed by atoms with Crippen molar-refractivity contribution in [2.24, 2.45) is 0 Å². The van der Waals surface area contributed by atoms with E-state index in [0.29, 0.717) is 32.9 Å². The highest BCUT2D eigenvalue weighted by atomic mass is 16.5. The molecule has 5 heteroatoms. The van der Waals surface area contributed by atoms with Gasteiger partial charge >= 0.3 is 6.03 Å². The molecule has 0 unspecified atom stereocenters. The largest absolute Gasteiger partial charge is 0.492 e. The quantitative estimate of drug-likeness (QED) is 0.670. The average Bonchev–Trinajstić information content (AvgIpc) is 2.44. The molecule has 0 saturated heterocycles. The molecule has 0 aliphatic rings. The van der Waals surface area contributed by atoms with Crippen molar-refractivity contribution in [3.05, 3.63) is 30.3 Å². The summed E-state index contributed by atoms with van der Waals surface area (Å²) in [6.07, 6.45) is 0.821. The van der Waals surface area contributed by atoms with Gasteiger partial charge in [-0.2, -0.15) is 0 Å². The van der Waals surface area contributed by atoms with Crippen LogP contribution in [-0.2, 0) is 4.74 Å². The van der Waals surface area contributed by atoms with E-state index in [1.807, 2.05) is 37.3 Å². The lowest BCUT2D eigenvalue weighted by Crippen LogP contribution is -2.38. The molecular weight excluding hydrogens is 244 g/mol. The number of para-hydroxylation sites is 1. The summed E-state index contributed by atoms with van der Waals surface area (Å²) >= 11 is 0. The number of rotatable bonds is 9. The standard InChI is InChI=1S/C14H22N2O3/c1-2-18-11-6-9-15-14(17)16-10-12-19-13-7-4-3-5-8-13/h3-5,7-8H,2,6,9-12H2,1H3,(H2,15,16,17). The molecule has 2 amide bonds. The van der Waals surface area contributed by atoms with E-state index in [4.69, 9.17) is 9.47 Å². The Balaban J connectivity index is 1.95. The van der Waals surface area contributed by atoms with Crippen LogP contribution in [0, 0.1) is 0 Å². The normalized spacial score (nSPS) is 9.95. The van der Waals surface area contributed by atoms with Crippen molar-refractivity contribution in [1.29, 1.82) is 0 Å². The number of hydrogen-bond donors (Lipinski definition) is 2. The first-order valence-corrected chi connectivity index (χ1v) is 6.60. The SMILES string of the molecule is CCOCCCNC(=O)NCCOc1ccccc1. The second kappa shape index (κ2) is 10.2. The van der Waals surface area contributed by atoms with Gasteiger partial charge in [-0.1, -0.05) is 18.2 Å². The Kier molecular flexibility index (Phi) is 8.22. The Hall–Kier alpha value is -1.75. The predicted octanol–water partition coefficient (Wildman–Crippen LogP) is 1.79. The van der Waals surface area contributed by atoms with E-state index in [0.717, 1.165) is 12.2 Å². The van der Waals surface area contributed by atoms with E-state index in [1.54, 1.807) is 0 Å². The molecule has 1 aromatic rings. The third kappa shape index (κ3) is 8.05. The Bertz CT molecular complexity index is 344. The van der Waals surface area contributed by atoms with Crippen molar-refractivity contribution in [3.8, 4) is 5.75 Å². The molecule has 0 atom stereocenters. The predicted molar refractivity (Wildman–Crippen MR) is 74.4 cm³/mol. The number of carbonyl (C=O) groups is 1. The summed E-state index contributed by atoms with van der Waals surface area (Å²) in [6.45, 7) is 4.89.